The van der Waals surface area contributed by atoms with Crippen LogP contribution in [0.15, 0.2) is 18.3 Å². The van der Waals surface area contributed by atoms with Crippen molar-refractivity contribution in [1.29, 1.82) is 0 Å². The quantitative estimate of drug-likeness (QED) is 0.235. The Morgan fingerprint density at radius 1 is 1.36 bits per heavy atom. The number of carboxylic acids is 1. The van der Waals surface area contributed by atoms with E-state index in [2.05, 4.69) is 10.3 Å². The number of carbonyl (C=O) groups is 1. The largest absolute Gasteiger partial charge is 0.488 e. The maximum Gasteiger partial charge on any atom is 0.335 e. The first-order valence-electron chi connectivity index (χ1n) is 10.2. The number of ether oxygens (including phenoxy) is 2. The highest BCUT2D eigenvalue weighted by Crippen LogP contribution is 2.33. The number of carboxylic acid groups (broad SMARTS) is 1. The molecule has 0 aliphatic carbocycles. The van der Waals surface area contributed by atoms with Crippen molar-refractivity contribution in [3.63, 3.8) is 0 Å². The number of fused-ring (bicyclic) bond motifs is 1. The van der Waals surface area contributed by atoms with Crippen LogP contribution < -0.4 is 10.1 Å². The zero-order chi connectivity index (χ0) is 23.9. The van der Waals surface area contributed by atoms with Gasteiger partial charge in [-0.05, 0) is 18.3 Å². The second-order valence-electron chi connectivity index (χ2n) is 8.08. The number of aromatic amines is 1. The molecule has 0 spiro atoms. The van der Waals surface area contributed by atoms with Crippen LogP contribution in [-0.2, 0) is 22.4 Å². The standard InChI is InChI=1S/C20H23F2N3O7S/c21-10-3-9-4-12(7-31-15(9)13(22)5-10)25-11(6-24-19(25)33)1-2-23-8-20(30)17(27)14(26)16(32-20)18(28)29/h3,5-6,12,14,16-17,23,26-27,30H,1-2,4,7-8H2,(H,24,33)(H,28,29)/t12-,14?,16+,17-,20+/m1/s1. The van der Waals surface area contributed by atoms with E-state index in [1.807, 2.05) is 0 Å². The molecule has 0 radical (unpaired) electrons. The van der Waals surface area contributed by atoms with Crippen molar-refractivity contribution in [3.05, 3.63) is 46.0 Å². The molecule has 1 fully saturated rings. The number of aliphatic hydroxyl groups excluding tert-OH is 2. The lowest BCUT2D eigenvalue weighted by Gasteiger charge is -2.28. The Balaban J connectivity index is 1.39. The molecule has 2 aliphatic heterocycles. The Hall–Kier alpha value is -2.42. The van der Waals surface area contributed by atoms with Crippen LogP contribution in [0, 0.1) is 16.4 Å². The molecule has 4 rings (SSSR count). The Morgan fingerprint density at radius 2 is 2.12 bits per heavy atom. The number of halogens is 2. The predicted molar refractivity (Wildman–Crippen MR) is 110 cm³/mol. The lowest BCUT2D eigenvalue weighted by Crippen LogP contribution is -2.50. The maximum absolute atomic E-state index is 13.9. The van der Waals surface area contributed by atoms with Gasteiger partial charge in [-0.25, -0.2) is 13.6 Å². The molecular weight excluding hydrogens is 464 g/mol. The molecule has 0 saturated carbocycles. The normalized spacial score (nSPS) is 29.0. The van der Waals surface area contributed by atoms with E-state index < -0.39 is 41.7 Å². The molecule has 1 unspecified atom stereocenters. The van der Waals surface area contributed by atoms with Crippen LogP contribution in [-0.4, -0.2) is 79.7 Å². The summed E-state index contributed by atoms with van der Waals surface area (Å²) in [6, 6.07) is 1.70. The minimum atomic E-state index is -2.27. The fourth-order valence-electron chi connectivity index (χ4n) is 4.21. The van der Waals surface area contributed by atoms with Gasteiger partial charge in [-0.2, -0.15) is 0 Å². The summed E-state index contributed by atoms with van der Waals surface area (Å²) in [7, 11) is 0. The summed E-state index contributed by atoms with van der Waals surface area (Å²) in [5.74, 6) is -5.19. The van der Waals surface area contributed by atoms with Crippen molar-refractivity contribution < 1.29 is 43.5 Å². The van der Waals surface area contributed by atoms with Gasteiger partial charge in [0.15, 0.2) is 22.4 Å². The van der Waals surface area contributed by atoms with Gasteiger partial charge in [0.1, 0.15) is 24.6 Å². The van der Waals surface area contributed by atoms with Gasteiger partial charge in [-0.15, -0.1) is 0 Å². The van der Waals surface area contributed by atoms with E-state index in [-0.39, 0.29) is 31.5 Å². The van der Waals surface area contributed by atoms with Gasteiger partial charge >= 0.3 is 5.97 Å². The fraction of sp³-hybridized carbons (Fsp3) is 0.500. The first-order valence-corrected chi connectivity index (χ1v) is 10.6. The molecule has 1 saturated heterocycles. The van der Waals surface area contributed by atoms with Crippen molar-refractivity contribution >= 4 is 18.2 Å². The van der Waals surface area contributed by atoms with E-state index >= 15 is 0 Å². The first-order chi connectivity index (χ1) is 15.6. The third kappa shape index (κ3) is 4.52. The summed E-state index contributed by atoms with van der Waals surface area (Å²) in [6.07, 6.45) is -2.93. The molecule has 0 amide bonds. The Morgan fingerprint density at radius 3 is 2.82 bits per heavy atom. The number of benzene rings is 1. The summed E-state index contributed by atoms with van der Waals surface area (Å²) in [4.78, 5) is 14.0. The van der Waals surface area contributed by atoms with Crippen molar-refractivity contribution in [1.82, 2.24) is 14.9 Å². The second-order valence-corrected chi connectivity index (χ2v) is 8.47. The van der Waals surface area contributed by atoms with Gasteiger partial charge < -0.3 is 44.8 Å². The van der Waals surface area contributed by atoms with Gasteiger partial charge in [-0.1, -0.05) is 0 Å². The van der Waals surface area contributed by atoms with Crippen molar-refractivity contribution in [3.8, 4) is 5.75 Å². The highest BCUT2D eigenvalue weighted by atomic mass is 32.1. The van der Waals surface area contributed by atoms with Gasteiger partial charge in [0.2, 0.25) is 5.79 Å². The van der Waals surface area contributed by atoms with Crippen LogP contribution in [0.4, 0.5) is 8.78 Å². The maximum atomic E-state index is 13.9. The van der Waals surface area contributed by atoms with Crippen molar-refractivity contribution in [2.24, 2.45) is 0 Å². The molecule has 0 bridgehead atoms. The van der Waals surface area contributed by atoms with Crippen molar-refractivity contribution in [2.45, 2.75) is 43.0 Å². The number of hydrogen-bond donors (Lipinski definition) is 6. The number of aliphatic hydroxyl groups is 3. The van der Waals surface area contributed by atoms with Crippen LogP contribution in [0.1, 0.15) is 17.3 Å². The first kappa shape index (κ1) is 23.7. The van der Waals surface area contributed by atoms with Crippen LogP contribution >= 0.6 is 12.2 Å². The SMILES string of the molecule is O=C(O)[C@H]1O[C@@](O)(CNCCc2c[nH]c(=S)n2[C@H]2COc3c(F)cc(F)cc3C2)[C@H](O)C1O. The molecule has 13 heteroatoms. The average Bonchev–Trinajstić information content (AvgIpc) is 3.23. The molecule has 1 aromatic carbocycles. The van der Waals surface area contributed by atoms with E-state index in [0.717, 1.165) is 11.8 Å². The molecule has 10 nitrogen and oxygen atoms in total. The second kappa shape index (κ2) is 9.08. The highest BCUT2D eigenvalue weighted by molar-refractivity contribution is 7.71. The number of rotatable bonds is 7. The summed E-state index contributed by atoms with van der Waals surface area (Å²) < 4.78 is 40.2. The number of aliphatic carboxylic acids is 1. The minimum Gasteiger partial charge on any atom is -0.488 e. The van der Waals surface area contributed by atoms with Crippen LogP contribution in [0.2, 0.25) is 0 Å². The fourth-order valence-corrected chi connectivity index (χ4v) is 4.54. The summed E-state index contributed by atoms with van der Waals surface area (Å²) in [5, 5.41) is 42.0. The molecule has 33 heavy (non-hydrogen) atoms. The summed E-state index contributed by atoms with van der Waals surface area (Å²) in [6.45, 7) is 0.0707. The van der Waals surface area contributed by atoms with E-state index in [1.54, 1.807) is 10.8 Å². The van der Waals surface area contributed by atoms with Crippen LogP contribution in [0.5, 0.6) is 5.75 Å². The molecule has 180 valence electrons. The molecule has 2 aliphatic rings. The number of nitrogens with one attached hydrogen (secondary N) is 2. The molecule has 1 aromatic heterocycles. The number of hydrogen-bond acceptors (Lipinski definition) is 8. The van der Waals surface area contributed by atoms with Gasteiger partial charge in [0.25, 0.3) is 0 Å². The van der Waals surface area contributed by atoms with E-state index in [4.69, 9.17) is 26.8 Å². The zero-order valence-electron chi connectivity index (χ0n) is 17.2. The topological polar surface area (TPSA) is 149 Å². The van der Waals surface area contributed by atoms with Gasteiger partial charge in [0.05, 0.1) is 12.6 Å². The number of nitrogens with zero attached hydrogens (tertiary/aromatic N) is 1. The monoisotopic (exact) mass is 487 g/mol. The molecular formula is C20H23F2N3O7S. The number of imidazole rings is 1. The molecule has 3 heterocycles. The Labute approximate surface area is 191 Å². The smallest absolute Gasteiger partial charge is 0.335 e. The van der Waals surface area contributed by atoms with Crippen LogP contribution in [0.3, 0.4) is 0 Å². The van der Waals surface area contributed by atoms with Crippen LogP contribution in [0.25, 0.3) is 0 Å². The lowest BCUT2D eigenvalue weighted by molar-refractivity contribution is -0.226. The summed E-state index contributed by atoms with van der Waals surface area (Å²) in [5.41, 5.74) is 1.15. The Bertz CT molecular complexity index is 1110. The van der Waals surface area contributed by atoms with Gasteiger partial charge in [0, 0.05) is 42.9 Å². The minimum absolute atomic E-state index is 0.0307. The summed E-state index contributed by atoms with van der Waals surface area (Å²) >= 11 is 5.36. The predicted octanol–water partition coefficient (Wildman–Crippen LogP) is 0.0260. The van der Waals surface area contributed by atoms with E-state index in [1.165, 1.54) is 6.07 Å². The average molecular weight is 487 g/mol. The lowest BCUT2D eigenvalue weighted by atomic mass is 10.0. The molecule has 2 aromatic rings. The number of aromatic nitrogens is 2. The number of H-pyrrole nitrogens is 1. The van der Waals surface area contributed by atoms with E-state index in [9.17, 15) is 28.9 Å². The molecule has 6 N–H and O–H groups in total. The third-order valence-electron chi connectivity index (χ3n) is 5.82. The zero-order valence-corrected chi connectivity index (χ0v) is 18.0. The van der Waals surface area contributed by atoms with E-state index in [0.29, 0.717) is 23.2 Å². The Kier molecular flexibility index (Phi) is 6.53. The van der Waals surface area contributed by atoms with Crippen molar-refractivity contribution in [2.75, 3.05) is 19.7 Å². The third-order valence-corrected chi connectivity index (χ3v) is 6.14. The highest BCUT2D eigenvalue weighted by Gasteiger charge is 2.55. The molecule has 5 atom stereocenters. The van der Waals surface area contributed by atoms with Gasteiger partial charge in [-0.3, -0.25) is 0 Å².